The summed E-state index contributed by atoms with van der Waals surface area (Å²) in [6.45, 7) is 9.69. The second-order valence-electron chi connectivity index (χ2n) is 5.88. The molecule has 0 aromatic heterocycles. The molecule has 0 saturated heterocycles. The van der Waals surface area contributed by atoms with Crippen LogP contribution in [-0.4, -0.2) is 46.3 Å². The summed E-state index contributed by atoms with van der Waals surface area (Å²) in [6, 6.07) is 7.43. The zero-order valence-corrected chi connectivity index (χ0v) is 15.2. The van der Waals surface area contributed by atoms with Crippen LogP contribution in [-0.2, 0) is 20.4 Å². The molecule has 0 aliphatic carbocycles. The maximum atomic E-state index is 12.1. The summed E-state index contributed by atoms with van der Waals surface area (Å²) in [7, 11) is -3.26. The van der Waals surface area contributed by atoms with Gasteiger partial charge in [-0.1, -0.05) is 29.8 Å². The van der Waals surface area contributed by atoms with Gasteiger partial charge >= 0.3 is 0 Å². The number of sulfone groups is 1. The largest absolute Gasteiger partial charge is 0.350 e. The number of amides is 1. The maximum absolute atomic E-state index is 12.1. The molecule has 1 rings (SSSR count). The predicted molar refractivity (Wildman–Crippen MR) is 93.2 cm³/mol. The van der Waals surface area contributed by atoms with Gasteiger partial charge in [0.1, 0.15) is 0 Å². The number of hydrogen-bond acceptors (Lipinski definition) is 3. The molecule has 0 atom stereocenters. The van der Waals surface area contributed by atoms with E-state index >= 15 is 0 Å². The molecule has 0 unspecified atom stereocenters. The highest BCUT2D eigenvalue weighted by atomic mass is 32.2. The topological polar surface area (TPSA) is 67.7 Å². The molecule has 130 valence electrons. The molecule has 2 N–H and O–H groups in total. The molecule has 6 heteroatoms. The third kappa shape index (κ3) is 8.13. The highest BCUT2D eigenvalue weighted by molar-refractivity contribution is 7.90. The van der Waals surface area contributed by atoms with E-state index in [1.54, 1.807) is 0 Å². The first-order valence-corrected chi connectivity index (χ1v) is 10.0. The minimum absolute atomic E-state index is 0.00977. The number of nitrogens with one attached hydrogen (secondary N) is 2. The van der Waals surface area contributed by atoms with E-state index in [4.69, 9.17) is 0 Å². The van der Waals surface area contributed by atoms with Gasteiger partial charge in [0.05, 0.1) is 37.7 Å². The van der Waals surface area contributed by atoms with E-state index in [2.05, 4.69) is 19.2 Å². The van der Waals surface area contributed by atoms with Crippen molar-refractivity contribution in [3.63, 3.8) is 0 Å². The van der Waals surface area contributed by atoms with Crippen molar-refractivity contribution in [1.82, 2.24) is 5.32 Å². The lowest BCUT2D eigenvalue weighted by molar-refractivity contribution is -0.895. The molecule has 0 saturated carbocycles. The fraction of sp³-hybridized carbons (Fsp3) is 0.588. The average molecular weight is 341 g/mol. The zero-order chi connectivity index (χ0) is 17.3. The Kier molecular flexibility index (Phi) is 8.26. The molecular weight excluding hydrogens is 312 g/mol. The third-order valence-corrected chi connectivity index (χ3v) is 5.55. The van der Waals surface area contributed by atoms with Gasteiger partial charge in [-0.3, -0.25) is 4.79 Å². The van der Waals surface area contributed by atoms with Crippen molar-refractivity contribution in [3.8, 4) is 0 Å². The maximum Gasteiger partial charge on any atom is 0.221 e. The van der Waals surface area contributed by atoms with Crippen molar-refractivity contribution in [2.24, 2.45) is 0 Å². The standard InChI is InChI=1S/C17H28N2O3S/c1-4-19(5-2)12-11-18-17(20)10-13-23(21,22)14-16-8-6-15(3)7-9-16/h6-9H,4-5,10-14H2,1-3H3,(H,18,20)/p+1. The molecule has 0 fully saturated rings. The van der Waals surface area contributed by atoms with Gasteiger partial charge < -0.3 is 10.2 Å². The summed E-state index contributed by atoms with van der Waals surface area (Å²) < 4.78 is 24.2. The summed E-state index contributed by atoms with van der Waals surface area (Å²) in [6.07, 6.45) is 0.0295. The van der Waals surface area contributed by atoms with Crippen LogP contribution in [0.3, 0.4) is 0 Å². The predicted octanol–water partition coefficient (Wildman–Crippen LogP) is 0.341. The number of benzene rings is 1. The molecule has 1 aromatic rings. The monoisotopic (exact) mass is 341 g/mol. The number of hydrogen-bond donors (Lipinski definition) is 2. The Labute approximate surface area is 140 Å². The first-order valence-electron chi connectivity index (χ1n) is 8.22. The SMILES string of the molecule is CC[NH+](CC)CCNC(=O)CCS(=O)(=O)Cc1ccc(C)cc1. The van der Waals surface area contributed by atoms with E-state index in [9.17, 15) is 13.2 Å². The highest BCUT2D eigenvalue weighted by Crippen LogP contribution is 2.09. The van der Waals surface area contributed by atoms with Crippen LogP contribution in [0.5, 0.6) is 0 Å². The zero-order valence-electron chi connectivity index (χ0n) is 14.4. The number of rotatable bonds is 10. The molecule has 0 heterocycles. The molecule has 23 heavy (non-hydrogen) atoms. The van der Waals surface area contributed by atoms with Gasteiger partial charge in [-0.15, -0.1) is 0 Å². The van der Waals surface area contributed by atoms with E-state index in [1.807, 2.05) is 31.2 Å². The van der Waals surface area contributed by atoms with E-state index in [0.29, 0.717) is 6.54 Å². The Balaban J connectivity index is 2.34. The van der Waals surface area contributed by atoms with Crippen LogP contribution in [0.4, 0.5) is 0 Å². The summed E-state index contributed by atoms with van der Waals surface area (Å²) >= 11 is 0. The van der Waals surface area contributed by atoms with Gasteiger partial charge in [0, 0.05) is 6.42 Å². The number of aryl methyl sites for hydroxylation is 1. The van der Waals surface area contributed by atoms with Gasteiger partial charge in [-0.05, 0) is 26.3 Å². The van der Waals surface area contributed by atoms with Crippen LogP contribution in [0.2, 0.25) is 0 Å². The number of quaternary nitrogens is 1. The average Bonchev–Trinajstić information content (AvgIpc) is 2.52. The highest BCUT2D eigenvalue weighted by Gasteiger charge is 2.14. The Bertz CT molecular complexity index is 578. The van der Waals surface area contributed by atoms with E-state index in [0.717, 1.165) is 30.8 Å². The normalized spacial score (nSPS) is 11.7. The van der Waals surface area contributed by atoms with Crippen LogP contribution < -0.4 is 10.2 Å². The summed E-state index contributed by atoms with van der Waals surface area (Å²) in [5.41, 5.74) is 1.86. The minimum Gasteiger partial charge on any atom is -0.350 e. The first kappa shape index (κ1) is 19.6. The second-order valence-corrected chi connectivity index (χ2v) is 8.07. The van der Waals surface area contributed by atoms with Crippen molar-refractivity contribution in [2.75, 3.05) is 31.9 Å². The lowest BCUT2D eigenvalue weighted by Crippen LogP contribution is -3.12. The summed E-state index contributed by atoms with van der Waals surface area (Å²) in [4.78, 5) is 13.2. The van der Waals surface area contributed by atoms with Gasteiger partial charge in [0.2, 0.25) is 5.91 Å². The molecule has 5 nitrogen and oxygen atoms in total. The minimum atomic E-state index is -3.26. The molecule has 1 aromatic carbocycles. The molecular formula is C17H29N2O3S+. The Hall–Kier alpha value is -1.40. The summed E-state index contributed by atoms with van der Waals surface area (Å²) in [5.74, 6) is -0.307. The lowest BCUT2D eigenvalue weighted by atomic mass is 10.2. The van der Waals surface area contributed by atoms with Gasteiger partial charge in [0.25, 0.3) is 0 Å². The van der Waals surface area contributed by atoms with Crippen LogP contribution in [0.1, 0.15) is 31.4 Å². The van der Waals surface area contributed by atoms with Gasteiger partial charge in [0.15, 0.2) is 9.84 Å². The van der Waals surface area contributed by atoms with Crippen molar-refractivity contribution >= 4 is 15.7 Å². The van der Waals surface area contributed by atoms with Crippen molar-refractivity contribution in [1.29, 1.82) is 0 Å². The Morgan fingerprint density at radius 2 is 1.74 bits per heavy atom. The molecule has 0 spiro atoms. The van der Waals surface area contributed by atoms with Gasteiger partial charge in [-0.2, -0.15) is 0 Å². The smallest absolute Gasteiger partial charge is 0.221 e. The number of likely N-dealkylation sites (N-methyl/N-ethyl adjacent to an activating group) is 1. The fourth-order valence-electron chi connectivity index (χ4n) is 2.33. The van der Waals surface area contributed by atoms with E-state index in [1.165, 1.54) is 4.90 Å². The van der Waals surface area contributed by atoms with Crippen molar-refractivity contribution < 1.29 is 18.1 Å². The number of carbonyl (C=O) groups is 1. The van der Waals surface area contributed by atoms with E-state index in [-0.39, 0.29) is 23.8 Å². The van der Waals surface area contributed by atoms with Crippen molar-refractivity contribution in [2.45, 2.75) is 32.9 Å². The molecule has 0 bridgehead atoms. The second kappa shape index (κ2) is 9.67. The van der Waals surface area contributed by atoms with Crippen LogP contribution >= 0.6 is 0 Å². The van der Waals surface area contributed by atoms with Crippen molar-refractivity contribution in [3.05, 3.63) is 35.4 Å². The first-order chi connectivity index (χ1) is 10.9. The van der Waals surface area contributed by atoms with Crippen LogP contribution in [0, 0.1) is 6.92 Å². The Morgan fingerprint density at radius 3 is 2.30 bits per heavy atom. The third-order valence-electron chi connectivity index (χ3n) is 3.95. The summed E-state index contributed by atoms with van der Waals surface area (Å²) in [5, 5.41) is 2.80. The fourth-order valence-corrected chi connectivity index (χ4v) is 3.67. The lowest BCUT2D eigenvalue weighted by Gasteiger charge is -2.15. The molecule has 1 amide bonds. The molecule has 0 aliphatic rings. The van der Waals surface area contributed by atoms with Gasteiger partial charge in [-0.25, -0.2) is 8.42 Å². The quantitative estimate of drug-likeness (QED) is 0.645. The number of carbonyl (C=O) groups excluding carboxylic acids is 1. The molecule has 0 radical (unpaired) electrons. The Morgan fingerprint density at radius 1 is 1.13 bits per heavy atom. The van der Waals surface area contributed by atoms with Crippen LogP contribution in [0.25, 0.3) is 0 Å². The van der Waals surface area contributed by atoms with E-state index < -0.39 is 9.84 Å². The van der Waals surface area contributed by atoms with Crippen LogP contribution in [0.15, 0.2) is 24.3 Å². The molecule has 0 aliphatic heterocycles.